The van der Waals surface area contributed by atoms with E-state index < -0.39 is 10.0 Å². The number of oxazole rings is 1. The maximum atomic E-state index is 12.2. The van der Waals surface area contributed by atoms with E-state index in [9.17, 15) is 13.2 Å². The summed E-state index contributed by atoms with van der Waals surface area (Å²) in [7, 11) is -2.65. The number of primary sulfonamides is 1. The van der Waals surface area contributed by atoms with E-state index in [0.717, 1.165) is 5.56 Å². The van der Waals surface area contributed by atoms with Crippen LogP contribution in [0.1, 0.15) is 12.3 Å². The summed E-state index contributed by atoms with van der Waals surface area (Å²) in [4.78, 5) is 16.2. The van der Waals surface area contributed by atoms with E-state index in [0.29, 0.717) is 23.8 Å². The lowest BCUT2D eigenvalue weighted by Crippen LogP contribution is -2.16. The van der Waals surface area contributed by atoms with Crippen LogP contribution in [0, 0.1) is 0 Å². The third-order valence-corrected chi connectivity index (χ3v) is 4.86. The Kier molecular flexibility index (Phi) is 5.76. The number of anilines is 1. The fraction of sp³-hybridized carbons (Fsp3) is 0.158. The molecule has 0 fully saturated rings. The average Bonchev–Trinajstić information content (AvgIpc) is 3.15. The van der Waals surface area contributed by atoms with Crippen molar-refractivity contribution in [1.82, 2.24) is 4.98 Å². The molecule has 1 amide bonds. The van der Waals surface area contributed by atoms with Crippen LogP contribution >= 0.6 is 0 Å². The Hall–Kier alpha value is -3.17. The monoisotopic (exact) mass is 401 g/mol. The number of nitrogens with two attached hydrogens (primary N) is 1. The van der Waals surface area contributed by atoms with Gasteiger partial charge in [-0.1, -0.05) is 30.3 Å². The van der Waals surface area contributed by atoms with Gasteiger partial charge in [0.05, 0.1) is 13.3 Å². The van der Waals surface area contributed by atoms with Gasteiger partial charge < -0.3 is 14.5 Å². The molecule has 9 heteroatoms. The molecule has 0 aliphatic rings. The molecule has 3 aromatic rings. The van der Waals surface area contributed by atoms with E-state index in [1.165, 1.54) is 25.3 Å². The number of ether oxygens (including phenoxy) is 1. The van der Waals surface area contributed by atoms with Crippen molar-refractivity contribution in [2.75, 3.05) is 12.4 Å². The highest BCUT2D eigenvalue weighted by atomic mass is 32.2. The second kappa shape index (κ2) is 8.24. The Balaban J connectivity index is 1.63. The summed E-state index contributed by atoms with van der Waals surface area (Å²) < 4.78 is 33.9. The molecule has 8 nitrogen and oxygen atoms in total. The molecule has 0 bridgehead atoms. The molecule has 28 heavy (non-hydrogen) atoms. The number of aromatic nitrogens is 1. The topological polar surface area (TPSA) is 125 Å². The second-order valence-electron chi connectivity index (χ2n) is 5.94. The molecule has 0 unspecified atom stereocenters. The standard InChI is InChI=1S/C19H19N3O5S/c1-26-15-8-7-14(11-17(15)28(20,24)25)22-18(23)9-10-19-21-12-16(27-19)13-5-3-2-4-6-13/h2-8,11-12H,9-10H2,1H3,(H,22,23)(H2,20,24,25). The van der Waals surface area contributed by atoms with E-state index in [1.54, 1.807) is 6.20 Å². The molecule has 146 valence electrons. The SMILES string of the molecule is COc1ccc(NC(=O)CCc2ncc(-c3ccccc3)o2)cc1S(N)(=O)=O. The van der Waals surface area contributed by atoms with Crippen molar-refractivity contribution < 1.29 is 22.4 Å². The van der Waals surface area contributed by atoms with Crippen molar-refractivity contribution in [3.8, 4) is 17.1 Å². The number of nitrogens with one attached hydrogen (secondary N) is 1. The number of hydrogen-bond donors (Lipinski definition) is 2. The lowest BCUT2D eigenvalue weighted by atomic mass is 10.2. The van der Waals surface area contributed by atoms with Gasteiger partial charge in [0.15, 0.2) is 11.7 Å². The van der Waals surface area contributed by atoms with E-state index in [1.807, 2.05) is 30.3 Å². The minimum absolute atomic E-state index is 0.105. The molecule has 0 saturated heterocycles. The zero-order chi connectivity index (χ0) is 20.1. The number of amides is 1. The number of aryl methyl sites for hydroxylation is 1. The van der Waals surface area contributed by atoms with Crippen LogP contribution in [0.5, 0.6) is 5.75 Å². The normalized spacial score (nSPS) is 11.2. The summed E-state index contributed by atoms with van der Waals surface area (Å²) in [5.74, 6) is 0.858. The summed E-state index contributed by atoms with van der Waals surface area (Å²) in [5, 5.41) is 7.81. The van der Waals surface area contributed by atoms with Crippen LogP contribution < -0.4 is 15.2 Å². The first-order valence-corrected chi connectivity index (χ1v) is 9.92. The molecular formula is C19H19N3O5S. The number of nitrogens with zero attached hydrogens (tertiary/aromatic N) is 1. The summed E-state index contributed by atoms with van der Waals surface area (Å²) in [6.45, 7) is 0. The Morgan fingerprint density at radius 3 is 2.64 bits per heavy atom. The molecule has 1 aromatic heterocycles. The van der Waals surface area contributed by atoms with E-state index in [-0.39, 0.29) is 23.0 Å². The highest BCUT2D eigenvalue weighted by Crippen LogP contribution is 2.26. The first-order valence-electron chi connectivity index (χ1n) is 8.37. The van der Waals surface area contributed by atoms with E-state index in [2.05, 4.69) is 10.3 Å². The van der Waals surface area contributed by atoms with Crippen molar-refractivity contribution >= 4 is 21.6 Å². The van der Waals surface area contributed by atoms with Crippen LogP contribution in [0.4, 0.5) is 5.69 Å². The van der Waals surface area contributed by atoms with Crippen molar-refractivity contribution in [3.63, 3.8) is 0 Å². The summed E-state index contributed by atoms with van der Waals surface area (Å²) in [5.41, 5.74) is 1.20. The minimum atomic E-state index is -3.98. The van der Waals surface area contributed by atoms with Gasteiger partial charge >= 0.3 is 0 Å². The third-order valence-electron chi connectivity index (χ3n) is 3.93. The van der Waals surface area contributed by atoms with Gasteiger partial charge in [0.1, 0.15) is 10.6 Å². The number of sulfonamides is 1. The zero-order valence-corrected chi connectivity index (χ0v) is 15.9. The van der Waals surface area contributed by atoms with Crippen LogP contribution in [0.15, 0.2) is 64.0 Å². The first kappa shape index (κ1) is 19.6. The van der Waals surface area contributed by atoms with Crippen molar-refractivity contribution in [3.05, 3.63) is 60.6 Å². The van der Waals surface area contributed by atoms with Gasteiger partial charge in [-0.05, 0) is 18.2 Å². The lowest BCUT2D eigenvalue weighted by Gasteiger charge is -2.10. The van der Waals surface area contributed by atoms with E-state index >= 15 is 0 Å². The maximum absolute atomic E-state index is 12.2. The molecule has 0 aliphatic heterocycles. The van der Waals surface area contributed by atoms with E-state index in [4.69, 9.17) is 14.3 Å². The van der Waals surface area contributed by atoms with Crippen molar-refractivity contribution in [1.29, 1.82) is 0 Å². The van der Waals surface area contributed by atoms with Gasteiger partial charge in [-0.25, -0.2) is 18.5 Å². The van der Waals surface area contributed by atoms with Crippen LogP contribution in [0.25, 0.3) is 11.3 Å². The van der Waals surface area contributed by atoms with Crippen molar-refractivity contribution in [2.45, 2.75) is 17.7 Å². The number of rotatable bonds is 7. The molecule has 0 radical (unpaired) electrons. The van der Waals surface area contributed by atoms with Gasteiger partial charge in [-0.15, -0.1) is 0 Å². The van der Waals surface area contributed by atoms with Gasteiger partial charge in [0, 0.05) is 24.1 Å². The Morgan fingerprint density at radius 2 is 1.96 bits per heavy atom. The molecule has 3 rings (SSSR count). The molecular weight excluding hydrogens is 382 g/mol. The van der Waals surface area contributed by atoms with Gasteiger partial charge in [0.2, 0.25) is 15.9 Å². The van der Waals surface area contributed by atoms with Crippen LogP contribution in [0.3, 0.4) is 0 Å². The van der Waals surface area contributed by atoms with Gasteiger partial charge in [0.25, 0.3) is 0 Å². The lowest BCUT2D eigenvalue weighted by molar-refractivity contribution is -0.116. The molecule has 3 N–H and O–H groups in total. The fourth-order valence-corrected chi connectivity index (χ4v) is 3.31. The molecule has 2 aromatic carbocycles. The third kappa shape index (κ3) is 4.76. The molecule has 1 heterocycles. The maximum Gasteiger partial charge on any atom is 0.241 e. The summed E-state index contributed by atoms with van der Waals surface area (Å²) in [6, 6.07) is 13.7. The Morgan fingerprint density at radius 1 is 1.21 bits per heavy atom. The van der Waals surface area contributed by atoms with Crippen molar-refractivity contribution in [2.24, 2.45) is 5.14 Å². The Labute approximate surface area is 162 Å². The zero-order valence-electron chi connectivity index (χ0n) is 15.1. The second-order valence-corrected chi connectivity index (χ2v) is 7.47. The largest absolute Gasteiger partial charge is 0.495 e. The average molecular weight is 401 g/mol. The van der Waals surface area contributed by atoms with Crippen LogP contribution in [-0.4, -0.2) is 26.4 Å². The molecule has 0 aliphatic carbocycles. The van der Waals surface area contributed by atoms with Crippen LogP contribution in [-0.2, 0) is 21.2 Å². The highest BCUT2D eigenvalue weighted by molar-refractivity contribution is 7.89. The fourth-order valence-electron chi connectivity index (χ4n) is 2.58. The number of hydrogen-bond acceptors (Lipinski definition) is 6. The smallest absolute Gasteiger partial charge is 0.241 e. The number of benzene rings is 2. The Bertz CT molecular complexity index is 1080. The predicted octanol–water partition coefficient (Wildman–Crippen LogP) is 2.57. The predicted molar refractivity (Wildman–Crippen MR) is 103 cm³/mol. The molecule has 0 saturated carbocycles. The quantitative estimate of drug-likeness (QED) is 0.627. The molecule has 0 atom stereocenters. The first-order chi connectivity index (χ1) is 13.4. The summed E-state index contributed by atoms with van der Waals surface area (Å²) >= 11 is 0. The molecule has 0 spiro atoms. The van der Waals surface area contributed by atoms with Crippen LogP contribution in [0.2, 0.25) is 0 Å². The van der Waals surface area contributed by atoms with Gasteiger partial charge in [-0.2, -0.15) is 0 Å². The number of methoxy groups -OCH3 is 1. The highest BCUT2D eigenvalue weighted by Gasteiger charge is 2.16. The number of carbonyl (C=O) groups is 1. The minimum Gasteiger partial charge on any atom is -0.495 e. The van der Waals surface area contributed by atoms with Gasteiger partial charge in [-0.3, -0.25) is 4.79 Å². The number of carbonyl (C=O) groups excluding carboxylic acids is 1. The summed E-state index contributed by atoms with van der Waals surface area (Å²) in [6.07, 6.45) is 2.03.